The van der Waals surface area contributed by atoms with Crippen molar-refractivity contribution in [3.05, 3.63) is 0 Å². The summed E-state index contributed by atoms with van der Waals surface area (Å²) in [5.74, 6) is 0.347. The average Bonchev–Trinajstić information content (AvgIpc) is 3.19. The third-order valence-electron chi connectivity index (χ3n) is 4.04. The smallest absolute Gasteiger partial charge is 0.327 e. The van der Waals surface area contributed by atoms with Gasteiger partial charge in [0.25, 0.3) is 0 Å². The van der Waals surface area contributed by atoms with Gasteiger partial charge in [-0.25, -0.2) is 4.79 Å². The predicted octanol–water partition coefficient (Wildman–Crippen LogP) is 1.40. The summed E-state index contributed by atoms with van der Waals surface area (Å²) in [6.07, 6.45) is 4.79. The second kappa shape index (κ2) is 5.17. The van der Waals surface area contributed by atoms with Crippen molar-refractivity contribution in [3.8, 4) is 0 Å². The number of methoxy groups -OCH3 is 1. The van der Waals surface area contributed by atoms with Gasteiger partial charge in [-0.2, -0.15) is 0 Å². The summed E-state index contributed by atoms with van der Waals surface area (Å²) in [5, 5.41) is 3.50. The van der Waals surface area contributed by atoms with E-state index in [1.807, 2.05) is 0 Å². The van der Waals surface area contributed by atoms with Gasteiger partial charge < -0.3 is 9.64 Å². The van der Waals surface area contributed by atoms with Crippen LogP contribution in [0.5, 0.6) is 0 Å². The molecule has 104 valence electrons. The van der Waals surface area contributed by atoms with Crippen LogP contribution in [-0.4, -0.2) is 49.2 Å². The Bertz CT molecular complexity index is 311. The van der Waals surface area contributed by atoms with E-state index in [9.17, 15) is 4.79 Å². The second-order valence-corrected chi connectivity index (χ2v) is 6.18. The molecule has 0 saturated heterocycles. The van der Waals surface area contributed by atoms with Gasteiger partial charge in [-0.1, -0.05) is 0 Å². The summed E-state index contributed by atoms with van der Waals surface area (Å²) >= 11 is 0. The molecule has 0 aliphatic heterocycles. The van der Waals surface area contributed by atoms with Crippen LogP contribution in [0.25, 0.3) is 0 Å². The van der Waals surface area contributed by atoms with E-state index in [-0.39, 0.29) is 12.0 Å². The first-order valence-electron chi connectivity index (χ1n) is 7.06. The molecular formula is C14H26N2O2. The number of ether oxygens (including phenoxy) is 1. The van der Waals surface area contributed by atoms with Gasteiger partial charge in [-0.05, 0) is 52.5 Å². The van der Waals surface area contributed by atoms with E-state index in [0.717, 1.165) is 19.4 Å². The molecule has 2 saturated carbocycles. The zero-order chi connectivity index (χ0) is 13.3. The maximum absolute atomic E-state index is 12.3. The van der Waals surface area contributed by atoms with E-state index >= 15 is 0 Å². The molecule has 0 aromatic rings. The quantitative estimate of drug-likeness (QED) is 0.697. The number of esters is 1. The fourth-order valence-corrected chi connectivity index (χ4v) is 2.89. The van der Waals surface area contributed by atoms with Crippen LogP contribution in [0.2, 0.25) is 0 Å². The Labute approximate surface area is 110 Å². The van der Waals surface area contributed by atoms with Crippen LogP contribution >= 0.6 is 0 Å². The number of rotatable bonds is 7. The van der Waals surface area contributed by atoms with Gasteiger partial charge in [0.1, 0.15) is 5.54 Å². The van der Waals surface area contributed by atoms with Crippen LogP contribution < -0.4 is 5.32 Å². The van der Waals surface area contributed by atoms with Gasteiger partial charge in [0, 0.05) is 18.6 Å². The maximum Gasteiger partial charge on any atom is 0.327 e. The highest BCUT2D eigenvalue weighted by atomic mass is 16.5. The van der Waals surface area contributed by atoms with Gasteiger partial charge in [-0.15, -0.1) is 0 Å². The number of carbonyl (C=O) groups is 1. The highest BCUT2D eigenvalue weighted by Gasteiger charge is 2.53. The Balaban J connectivity index is 2.14. The molecule has 4 heteroatoms. The molecular weight excluding hydrogens is 228 g/mol. The molecule has 18 heavy (non-hydrogen) atoms. The van der Waals surface area contributed by atoms with E-state index in [0.29, 0.717) is 12.0 Å². The molecule has 1 unspecified atom stereocenters. The van der Waals surface area contributed by atoms with Crippen molar-refractivity contribution >= 4 is 5.97 Å². The molecule has 2 aliphatic rings. The Kier molecular flexibility index (Phi) is 3.97. The van der Waals surface area contributed by atoms with Crippen molar-refractivity contribution in [1.82, 2.24) is 10.2 Å². The van der Waals surface area contributed by atoms with Crippen LogP contribution in [0.1, 0.15) is 39.5 Å². The summed E-state index contributed by atoms with van der Waals surface area (Å²) in [7, 11) is 3.62. The number of hydrogen-bond donors (Lipinski definition) is 1. The zero-order valence-electron chi connectivity index (χ0n) is 12.0. The third kappa shape index (κ3) is 2.86. The lowest BCUT2D eigenvalue weighted by Gasteiger charge is -2.37. The molecule has 0 heterocycles. The molecule has 0 spiro atoms. The molecule has 0 aromatic heterocycles. The molecule has 1 atom stereocenters. The van der Waals surface area contributed by atoms with Crippen LogP contribution in [0.3, 0.4) is 0 Å². The van der Waals surface area contributed by atoms with Crippen molar-refractivity contribution < 1.29 is 9.53 Å². The highest BCUT2D eigenvalue weighted by molar-refractivity contribution is 5.82. The van der Waals surface area contributed by atoms with Crippen molar-refractivity contribution in [2.75, 3.05) is 20.7 Å². The molecule has 2 rings (SSSR count). The molecule has 0 radical (unpaired) electrons. The first-order chi connectivity index (χ1) is 8.49. The number of likely N-dealkylation sites (N-methyl/N-ethyl adjacent to an activating group) is 1. The molecule has 1 N–H and O–H groups in total. The predicted molar refractivity (Wildman–Crippen MR) is 71.4 cm³/mol. The molecule has 2 aliphatic carbocycles. The van der Waals surface area contributed by atoms with E-state index in [4.69, 9.17) is 4.74 Å². The van der Waals surface area contributed by atoms with Gasteiger partial charge in [-0.3, -0.25) is 5.32 Å². The fraction of sp³-hybridized carbons (Fsp3) is 0.929. The fourth-order valence-electron chi connectivity index (χ4n) is 2.89. The minimum atomic E-state index is -0.500. The number of nitrogens with one attached hydrogen (secondary N) is 1. The second-order valence-electron chi connectivity index (χ2n) is 6.18. The first-order valence-corrected chi connectivity index (χ1v) is 7.06. The maximum atomic E-state index is 12.3. The van der Waals surface area contributed by atoms with Crippen LogP contribution in [0.15, 0.2) is 0 Å². The first kappa shape index (κ1) is 13.8. The SMILES string of the molecule is COC(=O)C(CN(C)C1CC1)(NC(C)C)C1CC1. The Morgan fingerprint density at radius 2 is 2.00 bits per heavy atom. The molecule has 0 amide bonds. The van der Waals surface area contributed by atoms with Crippen molar-refractivity contribution in [3.63, 3.8) is 0 Å². The molecule has 0 aromatic carbocycles. The van der Waals surface area contributed by atoms with Gasteiger partial charge in [0.15, 0.2) is 0 Å². The minimum Gasteiger partial charge on any atom is -0.468 e. The van der Waals surface area contributed by atoms with E-state index in [1.54, 1.807) is 0 Å². The topological polar surface area (TPSA) is 41.6 Å². The lowest BCUT2D eigenvalue weighted by Crippen LogP contribution is -2.62. The van der Waals surface area contributed by atoms with Gasteiger partial charge >= 0.3 is 5.97 Å². The van der Waals surface area contributed by atoms with Crippen LogP contribution in [-0.2, 0) is 9.53 Å². The Morgan fingerprint density at radius 1 is 1.39 bits per heavy atom. The Hall–Kier alpha value is -0.610. The van der Waals surface area contributed by atoms with Crippen molar-refractivity contribution in [2.45, 2.75) is 57.2 Å². The van der Waals surface area contributed by atoms with Crippen molar-refractivity contribution in [1.29, 1.82) is 0 Å². The monoisotopic (exact) mass is 254 g/mol. The van der Waals surface area contributed by atoms with Crippen molar-refractivity contribution in [2.24, 2.45) is 5.92 Å². The Morgan fingerprint density at radius 3 is 2.39 bits per heavy atom. The standard InChI is InChI=1S/C14H26N2O2/c1-10(2)15-14(11-5-6-11,13(17)18-4)9-16(3)12-7-8-12/h10-12,15H,5-9H2,1-4H3. The summed E-state index contributed by atoms with van der Waals surface area (Å²) < 4.78 is 5.09. The van der Waals surface area contributed by atoms with E-state index < -0.39 is 5.54 Å². The van der Waals surface area contributed by atoms with Gasteiger partial charge in [0.05, 0.1) is 7.11 Å². The number of nitrogens with zero attached hydrogens (tertiary/aromatic N) is 1. The minimum absolute atomic E-state index is 0.0915. The lowest BCUT2D eigenvalue weighted by molar-refractivity contribution is -0.151. The number of carbonyl (C=O) groups excluding carboxylic acids is 1. The lowest BCUT2D eigenvalue weighted by atomic mass is 9.91. The number of hydrogen-bond acceptors (Lipinski definition) is 4. The van der Waals surface area contributed by atoms with Crippen LogP contribution in [0.4, 0.5) is 0 Å². The molecule has 0 bridgehead atoms. The summed E-state index contributed by atoms with van der Waals surface area (Å²) in [5.41, 5.74) is -0.500. The average molecular weight is 254 g/mol. The van der Waals surface area contributed by atoms with Crippen LogP contribution in [0, 0.1) is 5.92 Å². The highest BCUT2D eigenvalue weighted by Crippen LogP contribution is 2.42. The van der Waals surface area contributed by atoms with E-state index in [2.05, 4.69) is 31.1 Å². The summed E-state index contributed by atoms with van der Waals surface area (Å²) in [6, 6.07) is 0.957. The molecule has 2 fully saturated rings. The summed E-state index contributed by atoms with van der Waals surface area (Å²) in [6.45, 7) is 4.96. The van der Waals surface area contributed by atoms with E-state index in [1.165, 1.54) is 20.0 Å². The third-order valence-corrected chi connectivity index (χ3v) is 4.04. The molecule has 4 nitrogen and oxygen atoms in total. The zero-order valence-corrected chi connectivity index (χ0v) is 12.0. The largest absolute Gasteiger partial charge is 0.468 e. The normalized spacial score (nSPS) is 23.2. The van der Waals surface area contributed by atoms with Gasteiger partial charge in [0.2, 0.25) is 0 Å². The summed E-state index contributed by atoms with van der Waals surface area (Å²) in [4.78, 5) is 14.6.